The fourth-order valence-corrected chi connectivity index (χ4v) is 3.21. The van der Waals surface area contributed by atoms with Crippen LogP contribution in [0.5, 0.6) is 11.5 Å². The van der Waals surface area contributed by atoms with E-state index in [1.54, 1.807) is 12.1 Å². The van der Waals surface area contributed by atoms with Crippen molar-refractivity contribution in [3.63, 3.8) is 0 Å². The Hall–Kier alpha value is -1.26. The van der Waals surface area contributed by atoms with Crippen molar-refractivity contribution in [2.24, 2.45) is 5.92 Å². The summed E-state index contributed by atoms with van der Waals surface area (Å²) in [4.78, 5) is 2.42. The van der Waals surface area contributed by atoms with Crippen LogP contribution >= 0.6 is 0 Å². The Labute approximate surface area is 127 Å². The van der Waals surface area contributed by atoms with Crippen molar-refractivity contribution in [1.82, 2.24) is 10.2 Å². The maximum atomic E-state index is 10.1. The molecule has 0 aliphatic carbocycles. The highest BCUT2D eigenvalue weighted by atomic mass is 16.3. The summed E-state index contributed by atoms with van der Waals surface area (Å²) in [5.41, 5.74) is 0.812. The second-order valence-electron chi connectivity index (χ2n) is 6.13. The average Bonchev–Trinajstić information content (AvgIpc) is 2.49. The molecule has 0 aromatic heterocycles. The Morgan fingerprint density at radius 1 is 1.38 bits per heavy atom. The summed E-state index contributed by atoms with van der Waals surface area (Å²) in [5.74, 6) is 1.15. The van der Waals surface area contributed by atoms with E-state index in [1.807, 2.05) is 0 Å². The molecule has 1 fully saturated rings. The summed E-state index contributed by atoms with van der Waals surface area (Å²) < 4.78 is 0. The molecule has 0 amide bonds. The quantitative estimate of drug-likeness (QED) is 0.706. The molecule has 1 aromatic rings. The number of hydrogen-bond acceptors (Lipinski definition) is 4. The topological polar surface area (TPSA) is 55.7 Å². The minimum atomic E-state index is 0.110. The van der Waals surface area contributed by atoms with Gasteiger partial charge in [-0.2, -0.15) is 0 Å². The predicted molar refractivity (Wildman–Crippen MR) is 85.6 cm³/mol. The van der Waals surface area contributed by atoms with E-state index in [0.717, 1.165) is 38.2 Å². The molecule has 1 saturated heterocycles. The first-order chi connectivity index (χ1) is 10.1. The fraction of sp³-hybridized carbons (Fsp3) is 0.647. The zero-order valence-corrected chi connectivity index (χ0v) is 13.2. The first-order valence-electron chi connectivity index (χ1n) is 8.08. The Morgan fingerprint density at radius 2 is 2.19 bits per heavy atom. The summed E-state index contributed by atoms with van der Waals surface area (Å²) in [6.45, 7) is 8.55. The van der Waals surface area contributed by atoms with Gasteiger partial charge in [0.1, 0.15) is 11.5 Å². The number of piperidine rings is 1. The molecule has 2 rings (SSSR count). The molecule has 0 radical (unpaired) electrons. The molecule has 3 N–H and O–H groups in total. The first-order valence-corrected chi connectivity index (χ1v) is 8.08. The van der Waals surface area contributed by atoms with E-state index in [2.05, 4.69) is 24.1 Å². The largest absolute Gasteiger partial charge is 0.508 e. The summed E-state index contributed by atoms with van der Waals surface area (Å²) in [6, 6.07) is 4.90. The lowest BCUT2D eigenvalue weighted by Gasteiger charge is -2.34. The molecule has 4 nitrogen and oxygen atoms in total. The molecular formula is C17H28N2O2. The number of rotatable bonds is 6. The van der Waals surface area contributed by atoms with Gasteiger partial charge in [0.15, 0.2) is 0 Å². The fourth-order valence-electron chi connectivity index (χ4n) is 3.21. The van der Waals surface area contributed by atoms with Gasteiger partial charge in [-0.05, 0) is 69.9 Å². The summed E-state index contributed by atoms with van der Waals surface area (Å²) >= 11 is 0. The van der Waals surface area contributed by atoms with Crippen LogP contribution < -0.4 is 5.32 Å². The second kappa shape index (κ2) is 7.66. The van der Waals surface area contributed by atoms with Crippen molar-refractivity contribution in [1.29, 1.82) is 0 Å². The molecule has 2 atom stereocenters. The number of phenols is 2. The Balaban J connectivity index is 2.10. The average molecular weight is 292 g/mol. The molecule has 21 heavy (non-hydrogen) atoms. The molecular weight excluding hydrogens is 264 g/mol. The minimum Gasteiger partial charge on any atom is -0.508 e. The lowest BCUT2D eigenvalue weighted by molar-refractivity contribution is 0.161. The van der Waals surface area contributed by atoms with Crippen molar-refractivity contribution >= 4 is 0 Å². The maximum absolute atomic E-state index is 10.1. The monoisotopic (exact) mass is 292 g/mol. The summed E-state index contributed by atoms with van der Waals surface area (Å²) in [5, 5.41) is 23.2. The van der Waals surface area contributed by atoms with Crippen molar-refractivity contribution in [3.8, 4) is 11.5 Å². The Bertz CT molecular complexity index is 444. The highest BCUT2D eigenvalue weighted by Crippen LogP contribution is 2.32. The van der Waals surface area contributed by atoms with E-state index in [9.17, 15) is 10.2 Å². The van der Waals surface area contributed by atoms with Gasteiger partial charge in [0, 0.05) is 18.2 Å². The highest BCUT2D eigenvalue weighted by molar-refractivity contribution is 5.40. The number of benzene rings is 1. The molecule has 0 saturated carbocycles. The predicted octanol–water partition coefficient (Wildman–Crippen LogP) is 2.87. The highest BCUT2D eigenvalue weighted by Gasteiger charge is 2.23. The van der Waals surface area contributed by atoms with Crippen LogP contribution in [0, 0.1) is 5.92 Å². The normalized spacial score (nSPS) is 20.6. The number of nitrogens with zero attached hydrogens (tertiary/aromatic N) is 1. The second-order valence-corrected chi connectivity index (χ2v) is 6.13. The lowest BCUT2D eigenvalue weighted by atomic mass is 9.97. The van der Waals surface area contributed by atoms with Crippen LogP contribution in [-0.2, 0) is 0 Å². The van der Waals surface area contributed by atoms with Gasteiger partial charge in [-0.1, -0.05) is 6.92 Å². The molecule has 0 bridgehead atoms. The van der Waals surface area contributed by atoms with E-state index in [4.69, 9.17) is 0 Å². The molecule has 1 aromatic carbocycles. The smallest absolute Gasteiger partial charge is 0.120 e. The van der Waals surface area contributed by atoms with Crippen LogP contribution in [0.4, 0.5) is 0 Å². The van der Waals surface area contributed by atoms with Gasteiger partial charge >= 0.3 is 0 Å². The van der Waals surface area contributed by atoms with Crippen molar-refractivity contribution < 1.29 is 10.2 Å². The third kappa shape index (κ3) is 4.35. The van der Waals surface area contributed by atoms with Crippen LogP contribution in [0.3, 0.4) is 0 Å². The first kappa shape index (κ1) is 16.1. The molecule has 2 unspecified atom stereocenters. The van der Waals surface area contributed by atoms with Gasteiger partial charge in [-0.15, -0.1) is 0 Å². The van der Waals surface area contributed by atoms with Gasteiger partial charge < -0.3 is 15.5 Å². The standard InChI is InChI=1S/C17H28N2O2/c1-3-9-19(12-14-5-4-8-18-11-14)13(2)16-10-15(20)6-7-17(16)21/h6-7,10,13-14,18,20-21H,3-5,8-9,11-12H2,1-2H3. The van der Waals surface area contributed by atoms with Gasteiger partial charge in [0.25, 0.3) is 0 Å². The van der Waals surface area contributed by atoms with E-state index in [-0.39, 0.29) is 17.5 Å². The van der Waals surface area contributed by atoms with Crippen molar-refractivity contribution in [2.45, 2.75) is 39.2 Å². The van der Waals surface area contributed by atoms with Crippen LogP contribution in [0.2, 0.25) is 0 Å². The molecule has 4 heteroatoms. The van der Waals surface area contributed by atoms with Gasteiger partial charge in [0.05, 0.1) is 0 Å². The SMILES string of the molecule is CCCN(CC1CCCNC1)C(C)c1cc(O)ccc1O. The number of hydrogen-bond donors (Lipinski definition) is 3. The van der Waals surface area contributed by atoms with Gasteiger partial charge in [-0.25, -0.2) is 0 Å². The minimum absolute atomic E-state index is 0.110. The van der Waals surface area contributed by atoms with Crippen LogP contribution in [-0.4, -0.2) is 41.3 Å². The molecule has 1 aliphatic rings. The summed E-state index contributed by atoms with van der Waals surface area (Å²) in [6.07, 6.45) is 3.60. The Kier molecular flexibility index (Phi) is 5.88. The third-order valence-corrected chi connectivity index (χ3v) is 4.41. The Morgan fingerprint density at radius 3 is 2.86 bits per heavy atom. The molecule has 1 aliphatic heterocycles. The van der Waals surface area contributed by atoms with E-state index in [1.165, 1.54) is 18.9 Å². The summed E-state index contributed by atoms with van der Waals surface area (Å²) in [7, 11) is 0. The van der Waals surface area contributed by atoms with Crippen LogP contribution in [0.15, 0.2) is 18.2 Å². The zero-order chi connectivity index (χ0) is 15.2. The van der Waals surface area contributed by atoms with E-state index in [0.29, 0.717) is 5.92 Å². The maximum Gasteiger partial charge on any atom is 0.120 e. The van der Waals surface area contributed by atoms with E-state index >= 15 is 0 Å². The third-order valence-electron chi connectivity index (χ3n) is 4.41. The number of nitrogens with one attached hydrogen (secondary N) is 1. The molecule has 1 heterocycles. The lowest BCUT2D eigenvalue weighted by Crippen LogP contribution is -2.39. The van der Waals surface area contributed by atoms with Crippen LogP contribution in [0.1, 0.15) is 44.7 Å². The van der Waals surface area contributed by atoms with Crippen molar-refractivity contribution in [3.05, 3.63) is 23.8 Å². The van der Waals surface area contributed by atoms with Crippen LogP contribution in [0.25, 0.3) is 0 Å². The zero-order valence-electron chi connectivity index (χ0n) is 13.2. The molecule has 118 valence electrons. The van der Waals surface area contributed by atoms with Crippen molar-refractivity contribution in [2.75, 3.05) is 26.2 Å². The van der Waals surface area contributed by atoms with Gasteiger partial charge in [0.2, 0.25) is 0 Å². The number of phenolic OH excluding ortho intramolecular Hbond substituents is 2. The molecule has 0 spiro atoms. The number of aromatic hydroxyl groups is 2. The van der Waals surface area contributed by atoms with Gasteiger partial charge in [-0.3, -0.25) is 4.90 Å². The van der Waals surface area contributed by atoms with E-state index < -0.39 is 0 Å².